The van der Waals surface area contributed by atoms with Gasteiger partial charge in [-0.15, -0.1) is 10.1 Å². The summed E-state index contributed by atoms with van der Waals surface area (Å²) < 4.78 is 0. The van der Waals surface area contributed by atoms with Gasteiger partial charge in [0, 0.05) is 10.5 Å². The van der Waals surface area contributed by atoms with Gasteiger partial charge in [-0.1, -0.05) is 30.3 Å². The molecule has 80 valence electrons. The molecule has 0 saturated heterocycles. The van der Waals surface area contributed by atoms with Crippen molar-refractivity contribution < 1.29 is 14.8 Å². The fourth-order valence-corrected chi connectivity index (χ4v) is 1.09. The van der Waals surface area contributed by atoms with Crippen LogP contribution in [0.4, 0.5) is 0 Å². The average Bonchev–Trinajstić information content (AvgIpc) is 2.18. The normalized spacial score (nSPS) is 11.7. The van der Waals surface area contributed by atoms with Crippen molar-refractivity contribution in [2.45, 2.75) is 6.04 Å². The number of rotatable bonds is 5. The zero-order valence-electron chi connectivity index (χ0n) is 7.61. The molecule has 1 rings (SSSR count). The van der Waals surface area contributed by atoms with E-state index in [2.05, 4.69) is 4.84 Å². The summed E-state index contributed by atoms with van der Waals surface area (Å²) in [6.45, 7) is -0.579. The molecule has 1 aromatic carbocycles. The van der Waals surface area contributed by atoms with Crippen LogP contribution in [-0.2, 0) is 4.84 Å². The molecule has 1 unspecified atom stereocenters. The highest BCUT2D eigenvalue weighted by molar-refractivity contribution is 5.17. The van der Waals surface area contributed by atoms with E-state index >= 15 is 0 Å². The Kier molecular flexibility index (Phi) is 3.55. The Hall–Kier alpha value is -2.18. The molecule has 0 aliphatic carbocycles. The third-order valence-corrected chi connectivity index (χ3v) is 1.78. The van der Waals surface area contributed by atoms with Gasteiger partial charge in [0.1, 0.15) is 0 Å². The molecule has 1 aromatic rings. The van der Waals surface area contributed by atoms with Gasteiger partial charge in [-0.25, -0.2) is 0 Å². The molecule has 0 saturated carbocycles. The molecule has 0 aliphatic rings. The SMILES string of the molecule is O=[N+]([O-])OCC(c1ccccc1)[N+](=O)[O-]. The van der Waals surface area contributed by atoms with Gasteiger partial charge >= 0.3 is 0 Å². The summed E-state index contributed by atoms with van der Waals surface area (Å²) in [5.41, 5.74) is 0.379. The van der Waals surface area contributed by atoms with E-state index in [0.717, 1.165) is 0 Å². The zero-order valence-corrected chi connectivity index (χ0v) is 7.61. The highest BCUT2D eigenvalue weighted by Crippen LogP contribution is 2.16. The van der Waals surface area contributed by atoms with Crippen LogP contribution in [0.25, 0.3) is 0 Å². The van der Waals surface area contributed by atoms with E-state index in [1.54, 1.807) is 18.2 Å². The van der Waals surface area contributed by atoms with Crippen LogP contribution < -0.4 is 0 Å². The molecule has 1 atom stereocenters. The second-order valence-corrected chi connectivity index (χ2v) is 2.73. The van der Waals surface area contributed by atoms with Crippen LogP contribution in [-0.4, -0.2) is 16.6 Å². The van der Waals surface area contributed by atoms with Gasteiger partial charge in [-0.2, -0.15) is 0 Å². The van der Waals surface area contributed by atoms with Crippen molar-refractivity contribution in [1.29, 1.82) is 0 Å². The van der Waals surface area contributed by atoms with Crippen molar-refractivity contribution in [1.82, 2.24) is 0 Å². The summed E-state index contributed by atoms with van der Waals surface area (Å²) in [6.07, 6.45) is 0. The van der Waals surface area contributed by atoms with Crippen LogP contribution in [0, 0.1) is 20.2 Å². The lowest BCUT2D eigenvalue weighted by Gasteiger charge is -2.07. The smallest absolute Gasteiger partial charge is 0.294 e. The average molecular weight is 212 g/mol. The molecule has 0 heterocycles. The summed E-state index contributed by atoms with van der Waals surface area (Å²) >= 11 is 0. The first-order valence-electron chi connectivity index (χ1n) is 4.07. The molecule has 0 fully saturated rings. The first kappa shape index (κ1) is 10.9. The first-order chi connectivity index (χ1) is 7.11. The van der Waals surface area contributed by atoms with E-state index in [1.807, 2.05) is 0 Å². The maximum Gasteiger partial charge on any atom is 0.294 e. The second kappa shape index (κ2) is 4.89. The van der Waals surface area contributed by atoms with E-state index in [9.17, 15) is 20.2 Å². The zero-order chi connectivity index (χ0) is 11.3. The maximum absolute atomic E-state index is 10.6. The fourth-order valence-electron chi connectivity index (χ4n) is 1.09. The van der Waals surface area contributed by atoms with Crippen LogP contribution in [0.1, 0.15) is 11.6 Å². The van der Waals surface area contributed by atoms with Gasteiger partial charge in [0.2, 0.25) is 0 Å². The summed E-state index contributed by atoms with van der Waals surface area (Å²) in [7, 11) is 0. The largest absolute Gasteiger partial charge is 0.306 e. The van der Waals surface area contributed by atoms with Gasteiger partial charge in [0.25, 0.3) is 11.1 Å². The van der Waals surface area contributed by atoms with Gasteiger partial charge in [0.05, 0.1) is 0 Å². The quantitative estimate of drug-likeness (QED) is 0.539. The van der Waals surface area contributed by atoms with Crippen molar-refractivity contribution >= 4 is 0 Å². The number of hydrogen-bond acceptors (Lipinski definition) is 5. The molecule has 0 aromatic heterocycles. The van der Waals surface area contributed by atoms with Crippen molar-refractivity contribution in [2.24, 2.45) is 0 Å². The molecule has 0 radical (unpaired) electrons. The molecule has 15 heavy (non-hydrogen) atoms. The van der Waals surface area contributed by atoms with Gasteiger partial charge in [0.15, 0.2) is 6.61 Å². The van der Waals surface area contributed by atoms with Gasteiger partial charge in [-0.3, -0.25) is 10.1 Å². The Balaban J connectivity index is 2.75. The third-order valence-electron chi connectivity index (χ3n) is 1.78. The van der Waals surface area contributed by atoms with Crippen molar-refractivity contribution in [3.05, 3.63) is 56.1 Å². The maximum atomic E-state index is 10.6. The third kappa shape index (κ3) is 3.22. The highest BCUT2D eigenvalue weighted by atomic mass is 17.0. The molecular weight excluding hydrogens is 204 g/mol. The minimum absolute atomic E-state index is 0.379. The second-order valence-electron chi connectivity index (χ2n) is 2.73. The molecule has 0 N–H and O–H groups in total. The number of nitrogens with zero attached hydrogens (tertiary/aromatic N) is 2. The highest BCUT2D eigenvalue weighted by Gasteiger charge is 2.23. The fraction of sp³-hybridized carbons (Fsp3) is 0.250. The first-order valence-corrected chi connectivity index (χ1v) is 4.07. The number of nitro groups is 1. The summed E-state index contributed by atoms with van der Waals surface area (Å²) in [5, 5.41) is 19.5. The Morgan fingerprint density at radius 1 is 1.20 bits per heavy atom. The lowest BCUT2D eigenvalue weighted by molar-refractivity contribution is -0.766. The minimum Gasteiger partial charge on any atom is -0.306 e. The molecule has 0 bridgehead atoms. The van der Waals surface area contributed by atoms with Crippen LogP contribution in [0.3, 0.4) is 0 Å². The lowest BCUT2D eigenvalue weighted by atomic mass is 10.1. The minimum atomic E-state index is -1.21. The van der Waals surface area contributed by atoms with E-state index in [0.29, 0.717) is 5.56 Å². The molecule has 7 heteroatoms. The van der Waals surface area contributed by atoms with E-state index in [-0.39, 0.29) is 0 Å². The van der Waals surface area contributed by atoms with Crippen molar-refractivity contribution in [3.8, 4) is 0 Å². The number of hydrogen-bond donors (Lipinski definition) is 0. The monoisotopic (exact) mass is 212 g/mol. The predicted molar refractivity (Wildman–Crippen MR) is 49.1 cm³/mol. The van der Waals surface area contributed by atoms with Crippen LogP contribution in [0.5, 0.6) is 0 Å². The Bertz CT molecular complexity index is 353. The van der Waals surface area contributed by atoms with Crippen molar-refractivity contribution in [2.75, 3.05) is 6.61 Å². The molecular formula is C8H8N2O5. The molecule has 7 nitrogen and oxygen atoms in total. The molecule has 0 amide bonds. The Morgan fingerprint density at radius 3 is 2.27 bits per heavy atom. The van der Waals surface area contributed by atoms with E-state index in [1.165, 1.54) is 12.1 Å². The Labute approximate surface area is 84.5 Å². The molecule has 0 aliphatic heterocycles. The Morgan fingerprint density at radius 2 is 1.80 bits per heavy atom. The van der Waals surface area contributed by atoms with E-state index < -0.39 is 22.7 Å². The summed E-state index contributed by atoms with van der Waals surface area (Å²) in [4.78, 5) is 23.9. The van der Waals surface area contributed by atoms with Gasteiger partial charge < -0.3 is 4.84 Å². The predicted octanol–water partition coefficient (Wildman–Crippen LogP) is 1.21. The molecule has 0 spiro atoms. The number of benzene rings is 1. The summed E-state index contributed by atoms with van der Waals surface area (Å²) in [6, 6.07) is 6.79. The van der Waals surface area contributed by atoms with Crippen LogP contribution in [0.15, 0.2) is 30.3 Å². The summed E-state index contributed by atoms with van der Waals surface area (Å²) in [5.74, 6) is 0. The van der Waals surface area contributed by atoms with Crippen LogP contribution >= 0.6 is 0 Å². The topological polar surface area (TPSA) is 95.5 Å². The van der Waals surface area contributed by atoms with Crippen LogP contribution in [0.2, 0.25) is 0 Å². The van der Waals surface area contributed by atoms with Gasteiger partial charge in [-0.05, 0) is 0 Å². The van der Waals surface area contributed by atoms with Crippen molar-refractivity contribution in [3.63, 3.8) is 0 Å². The standard InChI is InChI=1S/C8H8N2O5/c11-9(12)8(6-15-10(13)14)7-4-2-1-3-5-7/h1-5,8H,6H2. The lowest BCUT2D eigenvalue weighted by Crippen LogP contribution is -2.18. The van der Waals surface area contributed by atoms with E-state index in [4.69, 9.17) is 0 Å².